The number of esters is 1. The van der Waals surface area contributed by atoms with Gasteiger partial charge in [0.2, 0.25) is 5.91 Å². The lowest BCUT2D eigenvalue weighted by Crippen LogP contribution is -2.30. The van der Waals surface area contributed by atoms with Gasteiger partial charge in [0, 0.05) is 25.9 Å². The first kappa shape index (κ1) is 12.7. The lowest BCUT2D eigenvalue weighted by molar-refractivity contribution is -0.145. The number of ether oxygens (including phenoxy) is 1. The van der Waals surface area contributed by atoms with Crippen LogP contribution in [0.5, 0.6) is 0 Å². The van der Waals surface area contributed by atoms with E-state index in [-0.39, 0.29) is 17.8 Å². The normalized spacial score (nSPS) is 18.9. The Bertz CT molecular complexity index is 413. The van der Waals surface area contributed by atoms with Crippen molar-refractivity contribution in [1.82, 2.24) is 4.90 Å². The third-order valence-electron chi connectivity index (χ3n) is 3.24. The number of furan rings is 1. The fraction of sp³-hybridized carbons (Fsp3) is 0.538. The zero-order chi connectivity index (χ0) is 13.0. The first-order chi connectivity index (χ1) is 8.70. The van der Waals surface area contributed by atoms with Gasteiger partial charge in [-0.3, -0.25) is 9.59 Å². The molecule has 0 aliphatic carbocycles. The average Bonchev–Trinajstić information content (AvgIpc) is 3.05. The minimum absolute atomic E-state index is 0.0674. The highest BCUT2D eigenvalue weighted by Gasteiger charge is 2.31. The van der Waals surface area contributed by atoms with Crippen molar-refractivity contribution in [3.05, 3.63) is 24.2 Å². The Hall–Kier alpha value is -1.78. The van der Waals surface area contributed by atoms with Gasteiger partial charge in [0.05, 0.1) is 19.3 Å². The number of hydrogen-bond acceptors (Lipinski definition) is 4. The van der Waals surface area contributed by atoms with Crippen molar-refractivity contribution in [2.24, 2.45) is 5.92 Å². The smallest absolute Gasteiger partial charge is 0.310 e. The Balaban J connectivity index is 1.78. The Kier molecular flexibility index (Phi) is 4.02. The Morgan fingerprint density at radius 1 is 1.56 bits per heavy atom. The van der Waals surface area contributed by atoms with E-state index in [1.165, 1.54) is 7.11 Å². The van der Waals surface area contributed by atoms with E-state index < -0.39 is 0 Å². The lowest BCUT2D eigenvalue weighted by Gasteiger charge is -2.15. The number of nitrogens with zero attached hydrogens (tertiary/aromatic N) is 1. The Labute approximate surface area is 106 Å². The third kappa shape index (κ3) is 2.91. The van der Waals surface area contributed by atoms with E-state index in [9.17, 15) is 9.59 Å². The number of methoxy groups -OCH3 is 1. The van der Waals surface area contributed by atoms with Crippen LogP contribution in [0.2, 0.25) is 0 Å². The van der Waals surface area contributed by atoms with Crippen LogP contribution in [0, 0.1) is 5.92 Å². The monoisotopic (exact) mass is 251 g/mol. The zero-order valence-electron chi connectivity index (χ0n) is 10.4. The maximum Gasteiger partial charge on any atom is 0.310 e. The number of hydrogen-bond donors (Lipinski definition) is 0. The molecule has 1 saturated heterocycles. The SMILES string of the molecule is COC(=O)C1CCN(C(=O)CCc2ccco2)C1. The third-order valence-corrected chi connectivity index (χ3v) is 3.24. The maximum atomic E-state index is 11.9. The molecule has 1 aliphatic heterocycles. The van der Waals surface area contributed by atoms with Gasteiger partial charge < -0.3 is 14.1 Å². The maximum absolute atomic E-state index is 11.9. The van der Waals surface area contributed by atoms with Gasteiger partial charge in [0.1, 0.15) is 5.76 Å². The molecule has 1 aromatic rings. The van der Waals surface area contributed by atoms with Gasteiger partial charge in [-0.05, 0) is 18.6 Å². The van der Waals surface area contributed by atoms with Crippen molar-refractivity contribution < 1.29 is 18.7 Å². The second kappa shape index (κ2) is 5.71. The summed E-state index contributed by atoms with van der Waals surface area (Å²) >= 11 is 0. The van der Waals surface area contributed by atoms with Crippen LogP contribution in [0.3, 0.4) is 0 Å². The first-order valence-electron chi connectivity index (χ1n) is 6.08. The predicted molar refractivity (Wildman–Crippen MR) is 63.7 cm³/mol. The van der Waals surface area contributed by atoms with Gasteiger partial charge in [-0.1, -0.05) is 0 Å². The van der Waals surface area contributed by atoms with E-state index in [1.807, 2.05) is 12.1 Å². The van der Waals surface area contributed by atoms with Crippen LogP contribution < -0.4 is 0 Å². The number of aryl methyl sites for hydroxylation is 1. The van der Waals surface area contributed by atoms with Crippen LogP contribution in [0.25, 0.3) is 0 Å². The van der Waals surface area contributed by atoms with Crippen LogP contribution in [0.1, 0.15) is 18.6 Å². The second-order valence-corrected chi connectivity index (χ2v) is 4.43. The summed E-state index contributed by atoms with van der Waals surface area (Å²) in [4.78, 5) is 25.0. The zero-order valence-corrected chi connectivity index (χ0v) is 10.4. The fourth-order valence-electron chi connectivity index (χ4n) is 2.19. The van der Waals surface area contributed by atoms with E-state index in [1.54, 1.807) is 11.2 Å². The molecule has 18 heavy (non-hydrogen) atoms. The molecule has 0 aromatic carbocycles. The standard InChI is InChI=1S/C13H17NO4/c1-17-13(16)10-6-7-14(9-10)12(15)5-4-11-3-2-8-18-11/h2-3,8,10H,4-7,9H2,1H3. The topological polar surface area (TPSA) is 59.8 Å². The van der Waals surface area contributed by atoms with Crippen LogP contribution in [-0.2, 0) is 20.7 Å². The minimum atomic E-state index is -0.226. The van der Waals surface area contributed by atoms with Crippen LogP contribution >= 0.6 is 0 Å². The summed E-state index contributed by atoms with van der Waals surface area (Å²) < 4.78 is 9.87. The van der Waals surface area contributed by atoms with E-state index in [0.717, 1.165) is 5.76 Å². The van der Waals surface area contributed by atoms with Gasteiger partial charge in [-0.2, -0.15) is 0 Å². The molecule has 0 bridgehead atoms. The number of carbonyl (C=O) groups excluding carboxylic acids is 2. The van der Waals surface area contributed by atoms with E-state index in [0.29, 0.717) is 32.4 Å². The van der Waals surface area contributed by atoms with Gasteiger partial charge in [-0.15, -0.1) is 0 Å². The highest BCUT2D eigenvalue weighted by atomic mass is 16.5. The highest BCUT2D eigenvalue weighted by molar-refractivity contribution is 5.79. The van der Waals surface area contributed by atoms with Crippen molar-refractivity contribution in [2.75, 3.05) is 20.2 Å². The van der Waals surface area contributed by atoms with E-state index in [2.05, 4.69) is 4.74 Å². The summed E-state index contributed by atoms with van der Waals surface area (Å²) in [5.41, 5.74) is 0. The number of amides is 1. The van der Waals surface area contributed by atoms with E-state index >= 15 is 0 Å². The van der Waals surface area contributed by atoms with Crippen molar-refractivity contribution in [2.45, 2.75) is 19.3 Å². The quantitative estimate of drug-likeness (QED) is 0.755. The van der Waals surface area contributed by atoms with Crippen molar-refractivity contribution in [3.63, 3.8) is 0 Å². The van der Waals surface area contributed by atoms with Crippen molar-refractivity contribution in [3.8, 4) is 0 Å². The number of carbonyl (C=O) groups is 2. The number of likely N-dealkylation sites (tertiary alicyclic amines) is 1. The van der Waals surface area contributed by atoms with Gasteiger partial charge in [0.15, 0.2) is 0 Å². The largest absolute Gasteiger partial charge is 0.469 e. The molecular formula is C13H17NO4. The molecule has 0 N–H and O–H groups in total. The summed E-state index contributed by atoms with van der Waals surface area (Å²) in [6.07, 6.45) is 3.31. The highest BCUT2D eigenvalue weighted by Crippen LogP contribution is 2.18. The summed E-state index contributed by atoms with van der Waals surface area (Å²) in [6, 6.07) is 3.66. The molecule has 0 radical (unpaired) electrons. The molecule has 1 amide bonds. The summed E-state index contributed by atoms with van der Waals surface area (Å²) in [6.45, 7) is 1.11. The molecule has 1 aromatic heterocycles. The molecule has 2 heterocycles. The lowest BCUT2D eigenvalue weighted by atomic mass is 10.1. The summed E-state index contributed by atoms with van der Waals surface area (Å²) in [5.74, 6) is 0.490. The minimum Gasteiger partial charge on any atom is -0.469 e. The Morgan fingerprint density at radius 2 is 2.39 bits per heavy atom. The first-order valence-corrected chi connectivity index (χ1v) is 6.08. The van der Waals surface area contributed by atoms with Crippen LogP contribution in [-0.4, -0.2) is 37.0 Å². The molecule has 1 aliphatic rings. The Morgan fingerprint density at radius 3 is 3.06 bits per heavy atom. The molecule has 5 heteroatoms. The molecule has 5 nitrogen and oxygen atoms in total. The van der Waals surface area contributed by atoms with Crippen LogP contribution in [0.15, 0.2) is 22.8 Å². The summed E-state index contributed by atoms with van der Waals surface area (Å²) in [5, 5.41) is 0. The molecule has 2 rings (SSSR count). The van der Waals surface area contributed by atoms with Gasteiger partial charge in [0.25, 0.3) is 0 Å². The van der Waals surface area contributed by atoms with Crippen molar-refractivity contribution >= 4 is 11.9 Å². The molecular weight excluding hydrogens is 234 g/mol. The molecule has 98 valence electrons. The fourth-order valence-corrected chi connectivity index (χ4v) is 2.19. The molecule has 1 fully saturated rings. The van der Waals surface area contributed by atoms with Gasteiger partial charge >= 0.3 is 5.97 Å². The summed E-state index contributed by atoms with van der Waals surface area (Å²) in [7, 11) is 1.38. The molecule has 0 spiro atoms. The van der Waals surface area contributed by atoms with Crippen molar-refractivity contribution in [1.29, 1.82) is 0 Å². The molecule has 1 unspecified atom stereocenters. The predicted octanol–water partition coefficient (Wildman–Crippen LogP) is 1.23. The van der Waals surface area contributed by atoms with Crippen LogP contribution in [0.4, 0.5) is 0 Å². The van der Waals surface area contributed by atoms with Gasteiger partial charge in [-0.25, -0.2) is 0 Å². The van der Waals surface area contributed by atoms with E-state index in [4.69, 9.17) is 4.42 Å². The number of rotatable bonds is 4. The second-order valence-electron chi connectivity index (χ2n) is 4.43. The molecule has 1 atom stereocenters. The average molecular weight is 251 g/mol. The molecule has 0 saturated carbocycles.